The van der Waals surface area contributed by atoms with E-state index in [0.29, 0.717) is 24.2 Å². The molecule has 0 bridgehead atoms. The molecule has 6 rings (SSSR count). The second-order valence-electron chi connectivity index (χ2n) is 9.72. The highest BCUT2D eigenvalue weighted by atomic mass is 19.1. The molecule has 1 aliphatic heterocycles. The Morgan fingerprint density at radius 1 is 0.737 bits per heavy atom. The highest BCUT2D eigenvalue weighted by Crippen LogP contribution is 2.47. The van der Waals surface area contributed by atoms with E-state index in [9.17, 15) is 14.3 Å². The Bertz CT molecular complexity index is 1660. The zero-order valence-electron chi connectivity index (χ0n) is 21.3. The van der Waals surface area contributed by atoms with Crippen molar-refractivity contribution in [3.8, 4) is 11.1 Å². The Hall–Kier alpha value is -4.57. The van der Waals surface area contributed by atoms with Crippen molar-refractivity contribution < 1.29 is 18.9 Å². The summed E-state index contributed by atoms with van der Waals surface area (Å²) in [5, 5.41) is 13.6. The zero-order valence-corrected chi connectivity index (χ0v) is 21.3. The monoisotopic (exact) mass is 499 g/mol. The van der Waals surface area contributed by atoms with E-state index in [-0.39, 0.29) is 17.4 Å². The van der Waals surface area contributed by atoms with Crippen molar-refractivity contribution in [2.75, 3.05) is 6.54 Å². The van der Waals surface area contributed by atoms with E-state index in [1.54, 1.807) is 12.1 Å². The minimum Gasteiger partial charge on any atom is -0.871 e. The molecule has 0 aromatic heterocycles. The van der Waals surface area contributed by atoms with Gasteiger partial charge >= 0.3 is 0 Å². The molecular weight excluding hydrogens is 473 g/mol. The fourth-order valence-electron chi connectivity index (χ4n) is 5.85. The van der Waals surface area contributed by atoms with Crippen LogP contribution in [0.1, 0.15) is 41.7 Å². The summed E-state index contributed by atoms with van der Waals surface area (Å²) in [5.41, 5.74) is 9.26. The van der Waals surface area contributed by atoms with Crippen molar-refractivity contribution in [1.29, 1.82) is 0 Å². The summed E-state index contributed by atoms with van der Waals surface area (Å²) in [7, 11) is 0. The van der Waals surface area contributed by atoms with Crippen LogP contribution in [-0.2, 0) is 11.2 Å². The van der Waals surface area contributed by atoms with Gasteiger partial charge in [-0.2, -0.15) is 4.58 Å². The van der Waals surface area contributed by atoms with Crippen LogP contribution in [0.4, 0.5) is 4.39 Å². The van der Waals surface area contributed by atoms with E-state index in [4.69, 9.17) is 0 Å². The third-order valence-corrected chi connectivity index (χ3v) is 7.39. The molecule has 38 heavy (non-hydrogen) atoms. The highest BCUT2D eigenvalue weighted by molar-refractivity contribution is 6.15. The Morgan fingerprint density at radius 3 is 1.82 bits per heavy atom. The first-order chi connectivity index (χ1) is 18.5. The molecule has 4 aromatic rings. The van der Waals surface area contributed by atoms with Crippen molar-refractivity contribution in [2.24, 2.45) is 0 Å². The van der Waals surface area contributed by atoms with Gasteiger partial charge < -0.3 is 5.11 Å². The first-order valence-corrected chi connectivity index (χ1v) is 12.8. The lowest BCUT2D eigenvalue weighted by Crippen LogP contribution is -2.34. The molecule has 2 aliphatic rings. The second kappa shape index (κ2) is 9.38. The van der Waals surface area contributed by atoms with Crippen LogP contribution in [0.3, 0.4) is 0 Å². The van der Waals surface area contributed by atoms with E-state index < -0.39 is 0 Å². The van der Waals surface area contributed by atoms with Gasteiger partial charge in [-0.3, -0.25) is 4.79 Å². The molecule has 3 nitrogen and oxygen atoms in total. The van der Waals surface area contributed by atoms with E-state index >= 15 is 0 Å². The van der Waals surface area contributed by atoms with Crippen molar-refractivity contribution in [1.82, 2.24) is 0 Å². The number of nitrogens with zero attached hydrogens (tertiary/aromatic N) is 1. The molecule has 0 atom stereocenters. The third kappa shape index (κ3) is 3.81. The molecular formula is C34H26FNO2. The molecule has 0 amide bonds. The van der Waals surface area contributed by atoms with Gasteiger partial charge in [0.1, 0.15) is 5.82 Å². The third-order valence-electron chi connectivity index (χ3n) is 7.39. The van der Waals surface area contributed by atoms with Gasteiger partial charge in [0.05, 0.1) is 11.1 Å². The van der Waals surface area contributed by atoms with Gasteiger partial charge in [-0.15, -0.1) is 0 Å². The molecule has 4 aromatic carbocycles. The standard InChI is InChI=1S/C34H26FNO2/c1-21(37)31(32-29-13-7-5-11-27(29)28-12-6-8-14-30(28)32)33(22(2)38)36-20-19-23-9-3-4-10-26(23)34(36)24-15-17-25(35)18-16-24/h3-18H,19-20H2,1-2H3. The summed E-state index contributed by atoms with van der Waals surface area (Å²) in [6, 6.07) is 30.4. The van der Waals surface area contributed by atoms with Gasteiger partial charge in [0.2, 0.25) is 11.4 Å². The predicted molar refractivity (Wildman–Crippen MR) is 146 cm³/mol. The normalized spacial score (nSPS) is 14.4. The van der Waals surface area contributed by atoms with Crippen LogP contribution in [0.25, 0.3) is 16.7 Å². The molecule has 1 aliphatic carbocycles. The number of Topliss-reactive ketones (excluding diaryl/α,β-unsaturated/α-hetero) is 1. The topological polar surface area (TPSA) is 43.1 Å². The lowest BCUT2D eigenvalue weighted by Gasteiger charge is -2.24. The van der Waals surface area contributed by atoms with Gasteiger partial charge in [0, 0.05) is 17.6 Å². The fourth-order valence-corrected chi connectivity index (χ4v) is 5.85. The number of hydrogen-bond donors (Lipinski definition) is 0. The number of carbonyl (C=O) groups excluding carboxylic acids is 1. The maximum absolute atomic E-state index is 13.9. The maximum atomic E-state index is 13.9. The summed E-state index contributed by atoms with van der Waals surface area (Å²) >= 11 is 0. The maximum Gasteiger partial charge on any atom is 0.220 e. The minimum absolute atomic E-state index is 0.172. The van der Waals surface area contributed by atoms with Gasteiger partial charge in [0.15, 0.2) is 12.3 Å². The van der Waals surface area contributed by atoms with Gasteiger partial charge in [0.25, 0.3) is 0 Å². The average Bonchev–Trinajstić information content (AvgIpc) is 3.25. The molecule has 0 saturated carbocycles. The van der Waals surface area contributed by atoms with Crippen molar-refractivity contribution in [3.63, 3.8) is 0 Å². The molecule has 1 heterocycles. The summed E-state index contributed by atoms with van der Waals surface area (Å²) in [6.07, 6.45) is 0.714. The Kier molecular flexibility index (Phi) is 5.88. The van der Waals surface area contributed by atoms with Gasteiger partial charge in [-0.25, -0.2) is 4.39 Å². The minimum atomic E-state index is -0.327. The Balaban J connectivity index is 1.72. The Morgan fingerprint density at radius 2 is 1.26 bits per heavy atom. The SMILES string of the molecule is CC(=O)C(=C1c2ccccc2-c2ccccc21)C(=C(C)[O-])[N+]1=C(c2ccc(F)cc2)c2ccccc2CC1. The van der Waals surface area contributed by atoms with Gasteiger partial charge in [-0.05, 0) is 72.0 Å². The fraction of sp³-hybridized carbons (Fsp3) is 0.118. The zero-order chi connectivity index (χ0) is 26.4. The van der Waals surface area contributed by atoms with Crippen LogP contribution >= 0.6 is 0 Å². The Labute approximate surface area is 221 Å². The van der Waals surface area contributed by atoms with Crippen molar-refractivity contribution in [2.45, 2.75) is 20.3 Å². The van der Waals surface area contributed by atoms with Crippen LogP contribution in [0, 0.1) is 5.82 Å². The molecule has 4 heteroatoms. The summed E-state index contributed by atoms with van der Waals surface area (Å²) in [6.45, 7) is 3.57. The number of ketones is 1. The lowest BCUT2D eigenvalue weighted by molar-refractivity contribution is -0.484. The van der Waals surface area contributed by atoms with Crippen LogP contribution in [0.2, 0.25) is 0 Å². The number of allylic oxidation sites excluding steroid dienone is 2. The van der Waals surface area contributed by atoms with E-state index in [1.807, 2.05) is 59.2 Å². The number of halogens is 1. The largest absolute Gasteiger partial charge is 0.871 e. The number of rotatable bonds is 4. The average molecular weight is 500 g/mol. The molecule has 0 fully saturated rings. The number of hydrogen-bond acceptors (Lipinski definition) is 2. The summed E-state index contributed by atoms with van der Waals surface area (Å²) in [5.74, 6) is -0.691. The number of fused-ring (bicyclic) bond motifs is 4. The van der Waals surface area contributed by atoms with Crippen molar-refractivity contribution in [3.05, 3.63) is 148 Å². The predicted octanol–water partition coefficient (Wildman–Crippen LogP) is 5.90. The van der Waals surface area contributed by atoms with E-state index in [0.717, 1.165) is 50.2 Å². The second-order valence-corrected chi connectivity index (χ2v) is 9.72. The summed E-state index contributed by atoms with van der Waals surface area (Å²) in [4.78, 5) is 13.6. The van der Waals surface area contributed by atoms with Crippen molar-refractivity contribution >= 4 is 17.1 Å². The van der Waals surface area contributed by atoms with Crippen LogP contribution in [-0.4, -0.2) is 22.6 Å². The van der Waals surface area contributed by atoms with Crippen LogP contribution in [0.15, 0.2) is 114 Å². The molecule has 0 N–H and O–H groups in total. The highest BCUT2D eigenvalue weighted by Gasteiger charge is 2.36. The summed E-state index contributed by atoms with van der Waals surface area (Å²) < 4.78 is 15.9. The lowest BCUT2D eigenvalue weighted by atomic mass is 9.89. The van der Waals surface area contributed by atoms with Crippen LogP contribution < -0.4 is 5.11 Å². The first-order valence-electron chi connectivity index (χ1n) is 12.8. The van der Waals surface area contributed by atoms with Gasteiger partial charge in [-0.1, -0.05) is 72.5 Å². The first kappa shape index (κ1) is 23.8. The number of carbonyl (C=O) groups is 1. The molecule has 186 valence electrons. The van der Waals surface area contributed by atoms with E-state index in [1.165, 1.54) is 26.0 Å². The quantitative estimate of drug-likeness (QED) is 0.176. The van der Waals surface area contributed by atoms with Crippen LogP contribution in [0.5, 0.6) is 0 Å². The smallest absolute Gasteiger partial charge is 0.220 e. The molecule has 0 radical (unpaired) electrons. The molecule has 0 spiro atoms. The number of benzene rings is 4. The van der Waals surface area contributed by atoms with E-state index in [2.05, 4.69) is 18.2 Å². The molecule has 0 saturated heterocycles. The molecule has 0 unspecified atom stereocenters.